The average molecular weight is 112 g/mol. The number of nitrogens with two attached hydrogens (primary N) is 1. The molecule has 0 rings (SSSR count). The molecule has 0 radical (unpaired) electrons. The second-order valence-electron chi connectivity index (χ2n) is 1.16. The van der Waals surface area contributed by atoms with Gasteiger partial charge in [-0.15, -0.1) is 0 Å². The third-order valence-electron chi connectivity index (χ3n) is 0.403. The molecule has 0 aromatic rings. The summed E-state index contributed by atoms with van der Waals surface area (Å²) in [5, 5.41) is 6.41. The number of nitrogens with zero attached hydrogens (tertiary/aromatic N) is 2. The third-order valence-corrected chi connectivity index (χ3v) is 0.403. The molecule has 4 nitrogen and oxygen atoms in total. The van der Waals surface area contributed by atoms with Gasteiger partial charge in [-0.05, 0) is 6.92 Å². The molecular weight excluding hydrogens is 104 g/mol. The Morgan fingerprint density at radius 1 is 1.75 bits per heavy atom. The van der Waals surface area contributed by atoms with E-state index in [1.54, 1.807) is 6.92 Å². The highest BCUT2D eigenvalue weighted by molar-refractivity contribution is 5.86. The predicted molar refractivity (Wildman–Crippen MR) is 34.6 cm³/mol. The summed E-state index contributed by atoms with van der Waals surface area (Å²) >= 11 is 0. The van der Waals surface area contributed by atoms with E-state index in [4.69, 9.17) is 11.1 Å². The molecule has 0 aliphatic heterocycles. The van der Waals surface area contributed by atoms with Gasteiger partial charge in [0.1, 0.15) is 12.7 Å². The van der Waals surface area contributed by atoms with Crippen molar-refractivity contribution in [3.8, 4) is 0 Å². The summed E-state index contributed by atoms with van der Waals surface area (Å²) in [6.45, 7) is 1.65. The summed E-state index contributed by atoms with van der Waals surface area (Å²) in [7, 11) is 0. The molecule has 0 amide bonds. The van der Waals surface area contributed by atoms with Gasteiger partial charge >= 0.3 is 0 Å². The van der Waals surface area contributed by atoms with E-state index in [-0.39, 0.29) is 0 Å². The molecule has 0 spiro atoms. The maximum absolute atomic E-state index is 6.41. The lowest BCUT2D eigenvalue weighted by Gasteiger charge is -1.78. The first-order chi connectivity index (χ1) is 3.77. The fourth-order valence-corrected chi connectivity index (χ4v) is 0.158. The van der Waals surface area contributed by atoms with Crippen LogP contribution in [0.1, 0.15) is 6.92 Å². The van der Waals surface area contributed by atoms with E-state index < -0.39 is 0 Å². The molecule has 0 aliphatic carbocycles. The van der Waals surface area contributed by atoms with Gasteiger partial charge in [-0.1, -0.05) is 0 Å². The molecule has 0 saturated heterocycles. The molecule has 0 aromatic carbocycles. The van der Waals surface area contributed by atoms with E-state index in [9.17, 15) is 0 Å². The number of hydrogen-bond donors (Lipinski definition) is 2. The first-order valence-electron chi connectivity index (χ1n) is 2.08. The summed E-state index contributed by atoms with van der Waals surface area (Å²) in [5.41, 5.74) is 5.12. The molecule has 0 heterocycles. The zero-order valence-corrected chi connectivity index (χ0v) is 4.63. The fraction of sp³-hybridized carbons (Fsp3) is 0.250. The highest BCUT2D eigenvalue weighted by atomic mass is 14.9. The van der Waals surface area contributed by atoms with Crippen molar-refractivity contribution in [2.45, 2.75) is 6.92 Å². The van der Waals surface area contributed by atoms with Gasteiger partial charge in [0, 0.05) is 0 Å². The maximum Gasteiger partial charge on any atom is 0.119 e. The number of rotatable bonds is 2. The van der Waals surface area contributed by atoms with Crippen LogP contribution in [0, 0.1) is 5.41 Å². The molecule has 0 bridgehead atoms. The van der Waals surface area contributed by atoms with Crippen LogP contribution in [0.2, 0.25) is 0 Å². The zero-order chi connectivity index (χ0) is 6.41. The van der Waals surface area contributed by atoms with Crippen molar-refractivity contribution < 1.29 is 0 Å². The predicted octanol–water partition coefficient (Wildman–Crippen LogP) is -0.00113. The highest BCUT2D eigenvalue weighted by Gasteiger charge is 1.68. The number of hydrogen-bond acceptors (Lipinski definition) is 1. The van der Waals surface area contributed by atoms with Gasteiger partial charge in [-0.25, -0.2) is 9.98 Å². The lowest BCUT2D eigenvalue weighted by atomic mass is 10.7. The lowest BCUT2D eigenvalue weighted by molar-refractivity contribution is 1.50. The zero-order valence-electron chi connectivity index (χ0n) is 4.63. The fourth-order valence-electron chi connectivity index (χ4n) is 0.158. The van der Waals surface area contributed by atoms with E-state index in [0.29, 0.717) is 5.84 Å². The summed E-state index contributed by atoms with van der Waals surface area (Å²) in [6, 6.07) is 0. The van der Waals surface area contributed by atoms with Crippen LogP contribution in [-0.2, 0) is 0 Å². The standard InChI is InChI=1S/C4H8N4/c1-4(6)8-3-7-2-5/h2-3H,1H3,(H3,5,6,7,8). The van der Waals surface area contributed by atoms with Gasteiger partial charge in [-0.3, -0.25) is 5.41 Å². The third kappa shape index (κ3) is 4.81. The van der Waals surface area contributed by atoms with E-state index in [0.717, 1.165) is 6.34 Å². The number of amidine groups is 1. The first-order valence-corrected chi connectivity index (χ1v) is 2.08. The lowest BCUT2D eigenvalue weighted by Crippen LogP contribution is -2.04. The van der Waals surface area contributed by atoms with Gasteiger partial charge in [0.05, 0.1) is 5.84 Å². The Bertz CT molecular complexity index is 120. The average Bonchev–Trinajstić information content (AvgIpc) is 1.66. The molecule has 0 aromatic heterocycles. The normalized spacial score (nSPS) is 12.4. The molecule has 0 aliphatic rings. The van der Waals surface area contributed by atoms with Gasteiger partial charge in [0.15, 0.2) is 0 Å². The SMILES string of the molecule is CC(N)=NC=NC=N. The highest BCUT2D eigenvalue weighted by Crippen LogP contribution is 1.61. The molecule has 0 unspecified atom stereocenters. The number of nitrogens with one attached hydrogen (secondary N) is 1. The van der Waals surface area contributed by atoms with Crippen LogP contribution in [0.3, 0.4) is 0 Å². The minimum atomic E-state index is 0.440. The largest absolute Gasteiger partial charge is 0.387 e. The maximum atomic E-state index is 6.41. The van der Waals surface area contributed by atoms with Crippen molar-refractivity contribution >= 4 is 18.5 Å². The summed E-state index contributed by atoms with van der Waals surface area (Å²) in [6.07, 6.45) is 2.12. The summed E-state index contributed by atoms with van der Waals surface area (Å²) in [4.78, 5) is 6.93. The minimum Gasteiger partial charge on any atom is -0.387 e. The molecule has 8 heavy (non-hydrogen) atoms. The van der Waals surface area contributed by atoms with Crippen LogP contribution in [0.5, 0.6) is 0 Å². The van der Waals surface area contributed by atoms with Crippen LogP contribution < -0.4 is 5.73 Å². The molecule has 0 atom stereocenters. The molecule has 0 fully saturated rings. The van der Waals surface area contributed by atoms with Crippen LogP contribution in [0.25, 0.3) is 0 Å². The second-order valence-corrected chi connectivity index (χ2v) is 1.16. The quantitative estimate of drug-likeness (QED) is 0.383. The van der Waals surface area contributed by atoms with Crippen molar-refractivity contribution in [3.05, 3.63) is 0 Å². The van der Waals surface area contributed by atoms with Crippen LogP contribution in [0.4, 0.5) is 0 Å². The van der Waals surface area contributed by atoms with E-state index >= 15 is 0 Å². The van der Waals surface area contributed by atoms with Crippen molar-refractivity contribution in [1.29, 1.82) is 5.41 Å². The van der Waals surface area contributed by atoms with Crippen LogP contribution in [0.15, 0.2) is 9.98 Å². The molecule has 44 valence electrons. The Balaban J connectivity index is 3.57. The first kappa shape index (κ1) is 6.81. The van der Waals surface area contributed by atoms with Gasteiger partial charge < -0.3 is 5.73 Å². The van der Waals surface area contributed by atoms with E-state index in [1.807, 2.05) is 0 Å². The van der Waals surface area contributed by atoms with Gasteiger partial charge in [0.25, 0.3) is 0 Å². The van der Waals surface area contributed by atoms with Gasteiger partial charge in [0.2, 0.25) is 0 Å². The summed E-state index contributed by atoms with van der Waals surface area (Å²) < 4.78 is 0. The van der Waals surface area contributed by atoms with E-state index in [2.05, 4.69) is 9.98 Å². The summed E-state index contributed by atoms with van der Waals surface area (Å²) in [5.74, 6) is 0.440. The minimum absolute atomic E-state index is 0.440. The molecule has 3 N–H and O–H groups in total. The Hall–Kier alpha value is -1.19. The van der Waals surface area contributed by atoms with Crippen molar-refractivity contribution in [1.82, 2.24) is 0 Å². The molecule has 0 saturated carbocycles. The van der Waals surface area contributed by atoms with Gasteiger partial charge in [-0.2, -0.15) is 0 Å². The van der Waals surface area contributed by atoms with E-state index in [1.165, 1.54) is 6.34 Å². The monoisotopic (exact) mass is 112 g/mol. The Kier molecular flexibility index (Phi) is 3.39. The second kappa shape index (κ2) is 3.98. The van der Waals surface area contributed by atoms with Crippen molar-refractivity contribution in [2.24, 2.45) is 15.7 Å². The van der Waals surface area contributed by atoms with Crippen molar-refractivity contribution in [3.63, 3.8) is 0 Å². The van der Waals surface area contributed by atoms with Crippen LogP contribution >= 0.6 is 0 Å². The molecular formula is C4H8N4. The molecule has 4 heteroatoms. The topological polar surface area (TPSA) is 74.6 Å². The Morgan fingerprint density at radius 3 is 2.75 bits per heavy atom. The smallest absolute Gasteiger partial charge is 0.119 e. The van der Waals surface area contributed by atoms with Crippen molar-refractivity contribution in [2.75, 3.05) is 0 Å². The van der Waals surface area contributed by atoms with Crippen LogP contribution in [-0.4, -0.2) is 18.5 Å². The Labute approximate surface area is 47.6 Å². The Morgan fingerprint density at radius 2 is 2.38 bits per heavy atom. The number of aliphatic imine (C=N–C) groups is 2.